The van der Waals surface area contributed by atoms with E-state index in [2.05, 4.69) is 0 Å². The van der Waals surface area contributed by atoms with Crippen LogP contribution in [0.4, 0.5) is 5.69 Å². The average molecular weight is 154 g/mol. The predicted octanol–water partition coefficient (Wildman–Crippen LogP) is -0.211. The number of carbonyl (C=O) groups is 1. The minimum absolute atomic E-state index is 0.0434. The third-order valence-electron chi connectivity index (χ3n) is 1.33. The number of benzene rings is 1. The molecular weight excluding hydrogens is 146 g/mol. The highest BCUT2D eigenvalue weighted by molar-refractivity contribution is 5.76. The predicted molar refractivity (Wildman–Crippen MR) is 36.9 cm³/mol. The van der Waals surface area contributed by atoms with Crippen molar-refractivity contribution in [3.63, 3.8) is 0 Å². The lowest BCUT2D eigenvalue weighted by atomic mass is 10.2. The van der Waals surface area contributed by atoms with Crippen LogP contribution in [0.5, 0.6) is 5.75 Å². The van der Waals surface area contributed by atoms with Crippen molar-refractivity contribution in [2.24, 2.45) is 0 Å². The Kier molecular flexibility index (Phi) is 2.20. The first-order valence-electron chi connectivity index (χ1n) is 3.03. The third-order valence-corrected chi connectivity index (χ3v) is 1.33. The van der Waals surface area contributed by atoms with E-state index in [1.165, 1.54) is 18.2 Å². The number of aldehydes is 1. The Balaban J connectivity index is 3.12. The molecular formula is C7H8NO3+. The van der Waals surface area contributed by atoms with Crippen LogP contribution in [0.3, 0.4) is 0 Å². The minimum Gasteiger partial charge on any atom is -0.503 e. The van der Waals surface area contributed by atoms with Gasteiger partial charge in [-0.15, -0.1) is 0 Å². The quantitative estimate of drug-likeness (QED) is 0.239. The molecule has 1 rings (SSSR count). The van der Waals surface area contributed by atoms with Crippen molar-refractivity contribution in [2.45, 2.75) is 0 Å². The van der Waals surface area contributed by atoms with Gasteiger partial charge in [-0.05, 0) is 12.1 Å². The Bertz CT molecular complexity index is 272. The fourth-order valence-corrected chi connectivity index (χ4v) is 0.750. The molecule has 0 heterocycles. The molecule has 4 heteroatoms. The van der Waals surface area contributed by atoms with E-state index in [0.29, 0.717) is 11.8 Å². The Morgan fingerprint density at radius 2 is 2.18 bits per heavy atom. The van der Waals surface area contributed by atoms with Gasteiger partial charge in [-0.3, -0.25) is 4.79 Å². The van der Waals surface area contributed by atoms with Crippen molar-refractivity contribution in [3.8, 4) is 5.75 Å². The van der Waals surface area contributed by atoms with Gasteiger partial charge in [-0.1, -0.05) is 0 Å². The van der Waals surface area contributed by atoms with Crippen molar-refractivity contribution in [1.82, 2.24) is 0 Å². The lowest BCUT2D eigenvalue weighted by Crippen LogP contribution is -2.73. The zero-order chi connectivity index (χ0) is 8.27. The second-order valence-corrected chi connectivity index (χ2v) is 2.07. The Morgan fingerprint density at radius 3 is 2.73 bits per heavy atom. The summed E-state index contributed by atoms with van der Waals surface area (Å²) >= 11 is 0. The van der Waals surface area contributed by atoms with Gasteiger partial charge >= 0.3 is 0 Å². The summed E-state index contributed by atoms with van der Waals surface area (Å²) in [5.74, 6) is -0.0434. The normalized spacial score (nSPS) is 9.55. The second kappa shape index (κ2) is 3.14. The molecule has 0 aliphatic rings. The highest BCUT2D eigenvalue weighted by Crippen LogP contribution is 2.17. The van der Waals surface area contributed by atoms with E-state index in [0.717, 1.165) is 5.48 Å². The molecule has 0 saturated carbocycles. The van der Waals surface area contributed by atoms with Gasteiger partial charge < -0.3 is 5.11 Å². The van der Waals surface area contributed by atoms with Gasteiger partial charge in [0.1, 0.15) is 6.29 Å². The molecule has 0 saturated heterocycles. The molecule has 4 N–H and O–H groups in total. The van der Waals surface area contributed by atoms with Crippen molar-refractivity contribution >= 4 is 12.0 Å². The first-order chi connectivity index (χ1) is 5.27. The summed E-state index contributed by atoms with van der Waals surface area (Å²) in [5.41, 5.74) is 1.42. The van der Waals surface area contributed by atoms with E-state index in [1.54, 1.807) is 0 Å². The van der Waals surface area contributed by atoms with Crippen LogP contribution in [0.1, 0.15) is 10.4 Å². The molecule has 0 aliphatic heterocycles. The summed E-state index contributed by atoms with van der Waals surface area (Å²) in [5, 5.41) is 17.6. The molecule has 11 heavy (non-hydrogen) atoms. The maximum absolute atomic E-state index is 10.2. The first-order valence-corrected chi connectivity index (χ1v) is 3.03. The monoisotopic (exact) mass is 154 g/mol. The maximum atomic E-state index is 10.2. The molecule has 4 nitrogen and oxygen atoms in total. The van der Waals surface area contributed by atoms with E-state index in [9.17, 15) is 4.79 Å². The molecule has 0 bridgehead atoms. The summed E-state index contributed by atoms with van der Waals surface area (Å²) in [4.78, 5) is 10.2. The molecule has 0 unspecified atom stereocenters. The van der Waals surface area contributed by atoms with E-state index in [-0.39, 0.29) is 11.4 Å². The molecule has 58 valence electrons. The molecule has 0 spiro atoms. The molecule has 0 radical (unpaired) electrons. The van der Waals surface area contributed by atoms with Crippen LogP contribution < -0.4 is 5.48 Å². The topological polar surface area (TPSA) is 74.1 Å². The smallest absolute Gasteiger partial charge is 0.204 e. The lowest BCUT2D eigenvalue weighted by molar-refractivity contribution is -0.826. The summed E-state index contributed by atoms with van der Waals surface area (Å²) < 4.78 is 0. The number of hydrogen-bond acceptors (Lipinski definition) is 3. The highest BCUT2D eigenvalue weighted by Gasteiger charge is 2.03. The van der Waals surface area contributed by atoms with E-state index in [4.69, 9.17) is 10.3 Å². The summed E-state index contributed by atoms with van der Waals surface area (Å²) in [6.07, 6.45) is 0.645. The fraction of sp³-hybridized carbons (Fsp3) is 0. The number of phenols is 1. The number of aromatic hydroxyl groups is 1. The van der Waals surface area contributed by atoms with Crippen molar-refractivity contribution in [3.05, 3.63) is 23.8 Å². The number of phenolic OH excluding ortho intramolecular Hbond substituents is 1. The highest BCUT2D eigenvalue weighted by atomic mass is 16.5. The molecule has 0 aliphatic carbocycles. The van der Waals surface area contributed by atoms with Crippen LogP contribution >= 0.6 is 0 Å². The maximum Gasteiger partial charge on any atom is 0.204 e. The molecule has 0 atom stereocenters. The molecule has 1 aromatic carbocycles. The Labute approximate surface area is 63.1 Å². The van der Waals surface area contributed by atoms with Crippen LogP contribution in [0.25, 0.3) is 0 Å². The number of hydrogen-bond donors (Lipinski definition) is 3. The van der Waals surface area contributed by atoms with Crippen molar-refractivity contribution in [1.29, 1.82) is 0 Å². The third kappa shape index (κ3) is 1.54. The zero-order valence-electron chi connectivity index (χ0n) is 5.69. The molecule has 0 amide bonds. The van der Waals surface area contributed by atoms with Gasteiger partial charge in [0.25, 0.3) is 0 Å². The number of nitrogens with two attached hydrogens (primary N) is 1. The van der Waals surface area contributed by atoms with Gasteiger partial charge in [0.15, 0.2) is 5.75 Å². The fourth-order valence-electron chi connectivity index (χ4n) is 0.750. The van der Waals surface area contributed by atoms with Crippen molar-refractivity contribution < 1.29 is 20.6 Å². The van der Waals surface area contributed by atoms with Gasteiger partial charge in [0.2, 0.25) is 5.69 Å². The Hall–Kier alpha value is -1.39. The van der Waals surface area contributed by atoms with E-state index >= 15 is 0 Å². The van der Waals surface area contributed by atoms with E-state index < -0.39 is 0 Å². The first kappa shape index (κ1) is 7.71. The van der Waals surface area contributed by atoms with Gasteiger partial charge in [-0.2, -0.15) is 5.48 Å². The number of carbonyl (C=O) groups excluding carboxylic acids is 1. The zero-order valence-corrected chi connectivity index (χ0v) is 5.69. The number of rotatable bonds is 2. The summed E-state index contributed by atoms with van der Waals surface area (Å²) in [6.45, 7) is 0. The second-order valence-electron chi connectivity index (χ2n) is 2.07. The average Bonchev–Trinajstić information content (AvgIpc) is 2.05. The molecule has 0 fully saturated rings. The van der Waals surface area contributed by atoms with Crippen LogP contribution in [-0.4, -0.2) is 16.6 Å². The largest absolute Gasteiger partial charge is 0.503 e. The SMILES string of the molecule is O=Cc1ccc(O)c([NH2+]O)c1. The Morgan fingerprint density at radius 1 is 1.45 bits per heavy atom. The van der Waals surface area contributed by atoms with Crippen LogP contribution in [0.15, 0.2) is 18.2 Å². The lowest BCUT2D eigenvalue weighted by Gasteiger charge is -1.96. The van der Waals surface area contributed by atoms with Gasteiger partial charge in [-0.25, -0.2) is 5.21 Å². The number of quaternary nitrogens is 1. The summed E-state index contributed by atoms with van der Waals surface area (Å²) in [7, 11) is 0. The molecule has 0 aromatic heterocycles. The van der Waals surface area contributed by atoms with E-state index in [1.807, 2.05) is 0 Å². The van der Waals surface area contributed by atoms with Crippen LogP contribution in [0, 0.1) is 0 Å². The summed E-state index contributed by atoms with van der Waals surface area (Å²) in [6, 6.07) is 4.21. The van der Waals surface area contributed by atoms with Crippen LogP contribution in [0.2, 0.25) is 0 Å². The van der Waals surface area contributed by atoms with Crippen molar-refractivity contribution in [2.75, 3.05) is 0 Å². The van der Waals surface area contributed by atoms with Crippen LogP contribution in [-0.2, 0) is 0 Å². The van der Waals surface area contributed by atoms with Gasteiger partial charge in [0, 0.05) is 11.6 Å². The standard InChI is InChI=1S/C7H7NO3/c9-4-5-1-2-7(10)6(3-5)8-11/h1-4,8,10-11H/p+1. The minimum atomic E-state index is -0.0434. The molecule has 1 aromatic rings. The van der Waals surface area contributed by atoms with Gasteiger partial charge in [0.05, 0.1) is 0 Å².